The maximum Gasteiger partial charge on any atom is 0.419 e. The zero-order chi connectivity index (χ0) is 9.35. The molecule has 1 radical (unpaired) electrons. The summed E-state index contributed by atoms with van der Waals surface area (Å²) in [6.07, 6.45) is -4.87. The lowest BCUT2D eigenvalue weighted by Gasteiger charge is -2.06. The molecule has 1 aromatic rings. The predicted molar refractivity (Wildman–Crippen MR) is 30.2 cm³/mol. The molecule has 1 rings (SSSR count). The fourth-order valence-corrected chi connectivity index (χ4v) is 0.660. The predicted octanol–water partition coefficient (Wildman–Crippen LogP) is 2.78. The fourth-order valence-electron chi connectivity index (χ4n) is 0.660. The van der Waals surface area contributed by atoms with Crippen molar-refractivity contribution in [3.05, 3.63) is 35.4 Å². The summed E-state index contributed by atoms with van der Waals surface area (Å²) >= 11 is 0. The van der Waals surface area contributed by atoms with Gasteiger partial charge in [-0.1, -0.05) is 0 Å². The van der Waals surface area contributed by atoms with Crippen LogP contribution in [0, 0.1) is 17.7 Å². The fraction of sp³-hybridized carbons (Fsp3) is 0.143. The maximum atomic E-state index is 12.4. The van der Waals surface area contributed by atoms with Crippen molar-refractivity contribution in [3.8, 4) is 0 Å². The van der Waals surface area contributed by atoms with Crippen LogP contribution in [0.2, 0.25) is 0 Å². The van der Waals surface area contributed by atoms with Gasteiger partial charge in [0, 0.05) is 0 Å². The summed E-state index contributed by atoms with van der Waals surface area (Å²) in [5.74, 6) is -3.44. The van der Waals surface area contributed by atoms with E-state index >= 15 is 0 Å². The summed E-state index contributed by atoms with van der Waals surface area (Å²) in [5.41, 5.74) is -1.64. The Bertz CT molecular complexity index is 288. The van der Waals surface area contributed by atoms with Gasteiger partial charge in [0.05, 0.1) is 5.56 Å². The smallest absolute Gasteiger partial charge is 0.204 e. The lowest BCUT2D eigenvalue weighted by molar-refractivity contribution is -0.140. The highest BCUT2D eigenvalue weighted by Crippen LogP contribution is 2.31. The first-order chi connectivity index (χ1) is 5.43. The molecule has 1 aromatic carbocycles. The number of alkyl halides is 3. The number of halogens is 5. The Morgan fingerprint density at radius 3 is 2.08 bits per heavy atom. The van der Waals surface area contributed by atoms with Crippen LogP contribution >= 0.6 is 0 Å². The lowest BCUT2D eigenvalue weighted by atomic mass is 10.2. The average molecular weight is 181 g/mol. The minimum Gasteiger partial charge on any atom is -0.204 e. The molecule has 0 nitrogen and oxygen atoms in total. The van der Waals surface area contributed by atoms with Gasteiger partial charge in [-0.15, -0.1) is 0 Å². The van der Waals surface area contributed by atoms with Crippen molar-refractivity contribution in [2.75, 3.05) is 0 Å². The molecule has 0 atom stereocenters. The van der Waals surface area contributed by atoms with Crippen LogP contribution in [0.15, 0.2) is 12.1 Å². The minimum atomic E-state index is -4.87. The number of rotatable bonds is 0. The molecule has 0 unspecified atom stereocenters. The first kappa shape index (κ1) is 8.96. The summed E-state index contributed by atoms with van der Waals surface area (Å²) < 4.78 is 60.0. The Morgan fingerprint density at radius 1 is 1.08 bits per heavy atom. The van der Waals surface area contributed by atoms with Crippen molar-refractivity contribution in [3.63, 3.8) is 0 Å². The van der Waals surface area contributed by atoms with Crippen LogP contribution in [0.1, 0.15) is 5.56 Å². The van der Waals surface area contributed by atoms with Gasteiger partial charge >= 0.3 is 6.18 Å². The van der Waals surface area contributed by atoms with Crippen LogP contribution < -0.4 is 0 Å². The van der Waals surface area contributed by atoms with Crippen LogP contribution in [0.4, 0.5) is 22.0 Å². The van der Waals surface area contributed by atoms with E-state index in [0.717, 1.165) is 0 Å². The van der Waals surface area contributed by atoms with Crippen LogP contribution in [-0.2, 0) is 6.18 Å². The standard InChI is InChI=1S/C7H2F5/c8-5-3-1-2-4(6(5)9)7(10,11)12/h2-3H. The Morgan fingerprint density at radius 2 is 1.67 bits per heavy atom. The summed E-state index contributed by atoms with van der Waals surface area (Å²) in [4.78, 5) is 0. The molecule has 0 heterocycles. The molecule has 12 heavy (non-hydrogen) atoms. The van der Waals surface area contributed by atoms with Crippen LogP contribution in [0.25, 0.3) is 0 Å². The third-order valence-corrected chi connectivity index (χ3v) is 1.19. The van der Waals surface area contributed by atoms with Gasteiger partial charge in [-0.25, -0.2) is 8.78 Å². The molecular weight excluding hydrogens is 179 g/mol. The summed E-state index contributed by atoms with van der Waals surface area (Å²) in [7, 11) is 0. The zero-order valence-corrected chi connectivity index (χ0v) is 5.54. The molecule has 0 aliphatic rings. The van der Waals surface area contributed by atoms with Gasteiger partial charge in [0.2, 0.25) is 0 Å². The van der Waals surface area contributed by atoms with Gasteiger partial charge in [0.25, 0.3) is 0 Å². The summed E-state index contributed by atoms with van der Waals surface area (Å²) in [6, 6.07) is 2.71. The van der Waals surface area contributed by atoms with Crippen molar-refractivity contribution in [2.24, 2.45) is 0 Å². The Balaban J connectivity index is 3.26. The van der Waals surface area contributed by atoms with E-state index in [1.807, 2.05) is 6.07 Å². The Hall–Kier alpha value is -1.13. The van der Waals surface area contributed by atoms with E-state index in [2.05, 4.69) is 0 Å². The Labute approximate surface area is 64.6 Å². The van der Waals surface area contributed by atoms with Crippen molar-refractivity contribution in [1.82, 2.24) is 0 Å². The molecule has 0 saturated heterocycles. The molecule has 0 amide bonds. The average Bonchev–Trinajstić information content (AvgIpc) is 1.92. The lowest BCUT2D eigenvalue weighted by Crippen LogP contribution is -2.09. The molecule has 0 N–H and O–H groups in total. The highest BCUT2D eigenvalue weighted by atomic mass is 19.4. The van der Waals surface area contributed by atoms with Gasteiger partial charge in [0.1, 0.15) is 0 Å². The Kier molecular flexibility index (Phi) is 2.04. The van der Waals surface area contributed by atoms with E-state index in [-0.39, 0.29) is 0 Å². The van der Waals surface area contributed by atoms with Crippen molar-refractivity contribution >= 4 is 0 Å². The first-order valence-electron chi connectivity index (χ1n) is 2.85. The van der Waals surface area contributed by atoms with E-state index in [1.165, 1.54) is 0 Å². The third-order valence-electron chi connectivity index (χ3n) is 1.19. The highest BCUT2D eigenvalue weighted by molar-refractivity contribution is 5.20. The van der Waals surface area contributed by atoms with Crippen LogP contribution in [0.5, 0.6) is 0 Å². The normalized spacial score (nSPS) is 11.8. The van der Waals surface area contributed by atoms with E-state index in [9.17, 15) is 22.0 Å². The second kappa shape index (κ2) is 2.73. The molecule has 0 bridgehead atoms. The van der Waals surface area contributed by atoms with E-state index in [4.69, 9.17) is 0 Å². The number of hydrogen-bond donors (Lipinski definition) is 0. The van der Waals surface area contributed by atoms with Gasteiger partial charge < -0.3 is 0 Å². The SMILES string of the molecule is Fc1c[c]cc(C(F)(F)F)c1F. The summed E-state index contributed by atoms with van der Waals surface area (Å²) in [6.45, 7) is 0. The second-order valence-corrected chi connectivity index (χ2v) is 2.03. The van der Waals surface area contributed by atoms with Crippen molar-refractivity contribution in [2.45, 2.75) is 6.18 Å². The quantitative estimate of drug-likeness (QED) is 0.540. The van der Waals surface area contributed by atoms with E-state index in [1.54, 1.807) is 0 Å². The van der Waals surface area contributed by atoms with Crippen LogP contribution in [0.3, 0.4) is 0 Å². The van der Waals surface area contributed by atoms with Crippen LogP contribution in [-0.4, -0.2) is 0 Å². The molecule has 0 aliphatic heterocycles. The molecule has 0 spiro atoms. The molecule has 65 valence electrons. The monoisotopic (exact) mass is 181 g/mol. The second-order valence-electron chi connectivity index (χ2n) is 2.03. The number of hydrogen-bond acceptors (Lipinski definition) is 0. The van der Waals surface area contributed by atoms with Gasteiger partial charge in [-0.2, -0.15) is 13.2 Å². The minimum absolute atomic E-state index is 0.360. The van der Waals surface area contributed by atoms with E-state index < -0.39 is 23.4 Å². The molecule has 0 fully saturated rings. The molecule has 0 saturated carbocycles. The topological polar surface area (TPSA) is 0 Å². The van der Waals surface area contributed by atoms with Gasteiger partial charge in [0.15, 0.2) is 11.6 Å². The molecule has 0 aromatic heterocycles. The van der Waals surface area contributed by atoms with E-state index in [0.29, 0.717) is 12.1 Å². The first-order valence-corrected chi connectivity index (χ1v) is 2.85. The number of benzene rings is 1. The zero-order valence-electron chi connectivity index (χ0n) is 5.54. The van der Waals surface area contributed by atoms with Crippen molar-refractivity contribution < 1.29 is 22.0 Å². The van der Waals surface area contributed by atoms with Crippen molar-refractivity contribution in [1.29, 1.82) is 0 Å². The summed E-state index contributed by atoms with van der Waals surface area (Å²) in [5, 5.41) is 0. The molecule has 0 aliphatic carbocycles. The van der Waals surface area contributed by atoms with Gasteiger partial charge in [-0.05, 0) is 18.2 Å². The molecule has 5 heteroatoms. The largest absolute Gasteiger partial charge is 0.419 e. The highest BCUT2D eigenvalue weighted by Gasteiger charge is 2.34. The molecular formula is C7H2F5. The van der Waals surface area contributed by atoms with Gasteiger partial charge in [-0.3, -0.25) is 0 Å². The third kappa shape index (κ3) is 1.54. The maximum absolute atomic E-state index is 12.4.